The first kappa shape index (κ1) is 9.46. The van der Waals surface area contributed by atoms with Crippen molar-refractivity contribution in [3.63, 3.8) is 0 Å². The van der Waals surface area contributed by atoms with Gasteiger partial charge in [0.15, 0.2) is 0 Å². The molecule has 3 nitrogen and oxygen atoms in total. The number of hydrogen-bond donors (Lipinski definition) is 1. The zero-order valence-corrected chi connectivity index (χ0v) is 9.35. The van der Waals surface area contributed by atoms with Crippen LogP contribution in [-0.2, 0) is 19.9 Å². The Morgan fingerprint density at radius 2 is 2.31 bits per heavy atom. The molecule has 0 spiro atoms. The Balaban J connectivity index is 1.75. The summed E-state index contributed by atoms with van der Waals surface area (Å²) in [6, 6.07) is 9.01. The molecule has 3 rings (SSSR count). The largest absolute Gasteiger partial charge is 0.381 e. The monoisotopic (exact) mass is 213 g/mol. The van der Waals surface area contributed by atoms with Gasteiger partial charge in [0.2, 0.25) is 0 Å². The Bertz CT molecular complexity index is 476. The summed E-state index contributed by atoms with van der Waals surface area (Å²) in [6.45, 7) is 0. The molecule has 1 aliphatic heterocycles. The van der Waals surface area contributed by atoms with Crippen LogP contribution in [0.3, 0.4) is 0 Å². The first-order valence-corrected chi connectivity index (χ1v) is 5.63. The molecular formula is C13H15N3. The van der Waals surface area contributed by atoms with E-state index in [4.69, 9.17) is 0 Å². The fourth-order valence-electron chi connectivity index (χ4n) is 2.31. The molecule has 0 saturated heterocycles. The summed E-state index contributed by atoms with van der Waals surface area (Å²) >= 11 is 0. The number of benzene rings is 1. The molecule has 1 aliphatic rings. The van der Waals surface area contributed by atoms with E-state index < -0.39 is 0 Å². The Morgan fingerprint density at radius 3 is 3.06 bits per heavy atom. The van der Waals surface area contributed by atoms with E-state index in [1.54, 1.807) is 0 Å². The second-order valence-electron chi connectivity index (χ2n) is 4.36. The summed E-state index contributed by atoms with van der Waals surface area (Å²) in [7, 11) is 2.05. The van der Waals surface area contributed by atoms with Crippen LogP contribution in [0.5, 0.6) is 0 Å². The second kappa shape index (κ2) is 3.67. The van der Waals surface area contributed by atoms with E-state index in [0.29, 0.717) is 6.04 Å². The number of imidazole rings is 1. The molecule has 0 bridgehead atoms. The minimum atomic E-state index is 0.485. The van der Waals surface area contributed by atoms with Crippen molar-refractivity contribution >= 4 is 5.69 Å². The van der Waals surface area contributed by atoms with Crippen LogP contribution in [0.15, 0.2) is 36.7 Å². The van der Waals surface area contributed by atoms with Crippen LogP contribution in [0.2, 0.25) is 0 Å². The topological polar surface area (TPSA) is 29.9 Å². The minimum Gasteiger partial charge on any atom is -0.381 e. The molecule has 2 aromatic rings. The van der Waals surface area contributed by atoms with Crippen molar-refractivity contribution in [2.24, 2.45) is 7.05 Å². The average Bonchev–Trinajstić information content (AvgIpc) is 2.85. The molecule has 82 valence electrons. The van der Waals surface area contributed by atoms with E-state index in [9.17, 15) is 0 Å². The normalized spacial score (nSPS) is 18.2. The lowest BCUT2D eigenvalue weighted by molar-refractivity contribution is 0.679. The summed E-state index contributed by atoms with van der Waals surface area (Å²) in [5, 5.41) is 3.55. The predicted octanol–water partition coefficient (Wildman–Crippen LogP) is 2.00. The molecule has 2 heterocycles. The van der Waals surface area contributed by atoms with Gasteiger partial charge < -0.3 is 9.88 Å². The number of rotatable bonds is 2. The third-order valence-corrected chi connectivity index (χ3v) is 3.19. The van der Waals surface area contributed by atoms with Crippen LogP contribution in [-0.4, -0.2) is 15.6 Å². The van der Waals surface area contributed by atoms with E-state index in [1.165, 1.54) is 11.3 Å². The third-order valence-electron chi connectivity index (χ3n) is 3.19. The summed E-state index contributed by atoms with van der Waals surface area (Å²) in [5.41, 5.74) is 2.70. The Kier molecular flexibility index (Phi) is 2.17. The van der Waals surface area contributed by atoms with Crippen LogP contribution in [0, 0.1) is 0 Å². The number of aromatic nitrogens is 2. The van der Waals surface area contributed by atoms with Gasteiger partial charge >= 0.3 is 0 Å². The standard InChI is InChI=1S/C13H15N3/c1-16-7-6-14-13(16)9-11-8-10-4-2-3-5-12(10)15-11/h2-7,11,15H,8-9H2,1H3. The highest BCUT2D eigenvalue weighted by Crippen LogP contribution is 2.26. The Morgan fingerprint density at radius 1 is 1.44 bits per heavy atom. The van der Waals surface area contributed by atoms with E-state index in [2.05, 4.69) is 39.1 Å². The molecule has 0 fully saturated rings. The highest BCUT2D eigenvalue weighted by atomic mass is 15.0. The summed E-state index contributed by atoms with van der Waals surface area (Å²) in [4.78, 5) is 4.37. The van der Waals surface area contributed by atoms with Gasteiger partial charge in [0.05, 0.1) is 0 Å². The van der Waals surface area contributed by atoms with Gasteiger partial charge in [-0.15, -0.1) is 0 Å². The number of fused-ring (bicyclic) bond motifs is 1. The molecule has 0 radical (unpaired) electrons. The van der Waals surface area contributed by atoms with Gasteiger partial charge in [-0.1, -0.05) is 18.2 Å². The molecule has 1 atom stereocenters. The molecule has 0 saturated carbocycles. The minimum absolute atomic E-state index is 0.485. The number of para-hydroxylation sites is 1. The van der Waals surface area contributed by atoms with Crippen LogP contribution in [0.1, 0.15) is 11.4 Å². The average molecular weight is 213 g/mol. The highest BCUT2D eigenvalue weighted by Gasteiger charge is 2.21. The maximum absolute atomic E-state index is 4.37. The highest BCUT2D eigenvalue weighted by molar-refractivity contribution is 5.56. The van der Waals surface area contributed by atoms with Crippen molar-refractivity contribution in [3.05, 3.63) is 48.0 Å². The summed E-state index contributed by atoms with van der Waals surface area (Å²) in [6.07, 6.45) is 5.94. The Hall–Kier alpha value is -1.77. The van der Waals surface area contributed by atoms with Crippen molar-refractivity contribution in [1.82, 2.24) is 9.55 Å². The van der Waals surface area contributed by atoms with Gasteiger partial charge in [-0.05, 0) is 18.1 Å². The third kappa shape index (κ3) is 1.58. The molecule has 1 unspecified atom stereocenters. The molecular weight excluding hydrogens is 198 g/mol. The smallest absolute Gasteiger partial charge is 0.110 e. The lowest BCUT2D eigenvalue weighted by Gasteiger charge is -2.10. The summed E-state index contributed by atoms with van der Waals surface area (Å²) in [5.74, 6) is 1.14. The van der Waals surface area contributed by atoms with Crippen LogP contribution in [0.4, 0.5) is 5.69 Å². The molecule has 0 aliphatic carbocycles. The number of nitrogens with one attached hydrogen (secondary N) is 1. The molecule has 3 heteroatoms. The van der Waals surface area contributed by atoms with E-state index in [-0.39, 0.29) is 0 Å². The molecule has 1 aromatic carbocycles. The summed E-state index contributed by atoms with van der Waals surface area (Å²) < 4.78 is 2.09. The molecule has 1 N–H and O–H groups in total. The van der Waals surface area contributed by atoms with Crippen LogP contribution >= 0.6 is 0 Å². The van der Waals surface area contributed by atoms with Crippen molar-refractivity contribution in [3.8, 4) is 0 Å². The van der Waals surface area contributed by atoms with Gasteiger partial charge in [0.25, 0.3) is 0 Å². The zero-order valence-electron chi connectivity index (χ0n) is 9.35. The zero-order chi connectivity index (χ0) is 11.0. The van der Waals surface area contributed by atoms with E-state index in [1.807, 2.05) is 19.4 Å². The van der Waals surface area contributed by atoms with E-state index in [0.717, 1.165) is 18.7 Å². The number of aryl methyl sites for hydroxylation is 1. The fourth-order valence-corrected chi connectivity index (χ4v) is 2.31. The maximum Gasteiger partial charge on any atom is 0.110 e. The molecule has 0 amide bonds. The Labute approximate surface area is 95.1 Å². The van der Waals surface area contributed by atoms with Crippen LogP contribution in [0.25, 0.3) is 0 Å². The van der Waals surface area contributed by atoms with Crippen molar-refractivity contribution in [2.45, 2.75) is 18.9 Å². The second-order valence-corrected chi connectivity index (χ2v) is 4.36. The van der Waals surface area contributed by atoms with Gasteiger partial charge in [0.1, 0.15) is 5.82 Å². The van der Waals surface area contributed by atoms with Gasteiger partial charge in [-0.3, -0.25) is 0 Å². The fraction of sp³-hybridized carbons (Fsp3) is 0.308. The van der Waals surface area contributed by atoms with Gasteiger partial charge in [-0.25, -0.2) is 4.98 Å². The lowest BCUT2D eigenvalue weighted by atomic mass is 10.1. The number of anilines is 1. The van der Waals surface area contributed by atoms with E-state index >= 15 is 0 Å². The first-order valence-electron chi connectivity index (χ1n) is 5.63. The SMILES string of the molecule is Cn1ccnc1CC1Cc2ccccc2N1. The first-order chi connectivity index (χ1) is 7.83. The lowest BCUT2D eigenvalue weighted by Crippen LogP contribution is -2.20. The van der Waals surface area contributed by atoms with Gasteiger partial charge in [0, 0.05) is 37.6 Å². The maximum atomic E-state index is 4.37. The predicted molar refractivity (Wildman–Crippen MR) is 64.5 cm³/mol. The number of hydrogen-bond acceptors (Lipinski definition) is 2. The van der Waals surface area contributed by atoms with Gasteiger partial charge in [-0.2, -0.15) is 0 Å². The molecule has 16 heavy (non-hydrogen) atoms. The molecule has 1 aromatic heterocycles. The van der Waals surface area contributed by atoms with Crippen LogP contribution < -0.4 is 5.32 Å². The van der Waals surface area contributed by atoms with Crippen molar-refractivity contribution < 1.29 is 0 Å². The quantitative estimate of drug-likeness (QED) is 0.827. The van der Waals surface area contributed by atoms with Crippen molar-refractivity contribution in [2.75, 3.05) is 5.32 Å². The number of nitrogens with zero attached hydrogens (tertiary/aromatic N) is 2. The van der Waals surface area contributed by atoms with Crippen molar-refractivity contribution in [1.29, 1.82) is 0 Å².